The standard InChI is InChI=1S/C11H9ClO3/c1-14-11(13)10-5-8-4-7(6-12)2-3-9(8)15-10/h2-5H,6H2,1H3. The van der Waals surface area contributed by atoms with Gasteiger partial charge in [-0.05, 0) is 23.8 Å². The highest BCUT2D eigenvalue weighted by atomic mass is 35.5. The third-order valence-corrected chi connectivity index (χ3v) is 2.43. The van der Waals surface area contributed by atoms with E-state index in [4.69, 9.17) is 16.0 Å². The van der Waals surface area contributed by atoms with E-state index in [0.29, 0.717) is 11.5 Å². The second kappa shape index (κ2) is 3.95. The number of furan rings is 1. The molecular weight excluding hydrogens is 216 g/mol. The van der Waals surface area contributed by atoms with Crippen LogP contribution in [-0.4, -0.2) is 13.1 Å². The number of ether oxygens (including phenoxy) is 1. The summed E-state index contributed by atoms with van der Waals surface area (Å²) in [7, 11) is 1.32. The number of methoxy groups -OCH3 is 1. The smallest absolute Gasteiger partial charge is 0.373 e. The minimum atomic E-state index is -0.473. The maximum atomic E-state index is 11.2. The highest BCUT2D eigenvalue weighted by Gasteiger charge is 2.12. The Hall–Kier alpha value is -1.48. The zero-order valence-electron chi connectivity index (χ0n) is 8.12. The number of esters is 1. The second-order valence-electron chi connectivity index (χ2n) is 3.11. The second-order valence-corrected chi connectivity index (χ2v) is 3.38. The Labute approximate surface area is 91.6 Å². The molecular formula is C11H9ClO3. The fourth-order valence-electron chi connectivity index (χ4n) is 1.38. The molecule has 0 aliphatic heterocycles. The maximum Gasteiger partial charge on any atom is 0.373 e. The molecule has 2 aromatic rings. The van der Waals surface area contributed by atoms with Crippen LogP contribution in [0.1, 0.15) is 16.1 Å². The van der Waals surface area contributed by atoms with Crippen molar-refractivity contribution >= 4 is 28.5 Å². The van der Waals surface area contributed by atoms with E-state index in [9.17, 15) is 4.79 Å². The lowest BCUT2D eigenvalue weighted by atomic mass is 10.2. The first-order valence-corrected chi connectivity index (χ1v) is 4.95. The molecule has 4 heteroatoms. The predicted octanol–water partition coefficient (Wildman–Crippen LogP) is 2.96. The van der Waals surface area contributed by atoms with Gasteiger partial charge in [-0.1, -0.05) is 6.07 Å². The topological polar surface area (TPSA) is 39.4 Å². The summed E-state index contributed by atoms with van der Waals surface area (Å²) < 4.78 is 9.87. The van der Waals surface area contributed by atoms with Gasteiger partial charge >= 0.3 is 5.97 Å². The lowest BCUT2D eigenvalue weighted by Gasteiger charge is -1.92. The summed E-state index contributed by atoms with van der Waals surface area (Å²) in [5, 5.41) is 0.855. The average Bonchev–Trinajstić information content (AvgIpc) is 2.70. The van der Waals surface area contributed by atoms with Gasteiger partial charge < -0.3 is 9.15 Å². The summed E-state index contributed by atoms with van der Waals surface area (Å²) in [5.74, 6) is 0.173. The highest BCUT2D eigenvalue weighted by Crippen LogP contribution is 2.21. The van der Waals surface area contributed by atoms with Gasteiger partial charge in [-0.2, -0.15) is 0 Å². The van der Waals surface area contributed by atoms with Crippen molar-refractivity contribution in [2.24, 2.45) is 0 Å². The van der Waals surface area contributed by atoms with Crippen LogP contribution in [0.25, 0.3) is 11.0 Å². The number of fused-ring (bicyclic) bond motifs is 1. The summed E-state index contributed by atoms with van der Waals surface area (Å²) in [5.41, 5.74) is 1.64. The summed E-state index contributed by atoms with van der Waals surface area (Å²) in [6.45, 7) is 0. The number of rotatable bonds is 2. The van der Waals surface area contributed by atoms with Crippen molar-refractivity contribution in [2.75, 3.05) is 7.11 Å². The number of hydrogen-bond donors (Lipinski definition) is 0. The van der Waals surface area contributed by atoms with Crippen LogP contribution < -0.4 is 0 Å². The minimum absolute atomic E-state index is 0.208. The van der Waals surface area contributed by atoms with Crippen LogP contribution in [0.2, 0.25) is 0 Å². The van der Waals surface area contributed by atoms with E-state index < -0.39 is 5.97 Å². The van der Waals surface area contributed by atoms with E-state index in [1.807, 2.05) is 12.1 Å². The van der Waals surface area contributed by atoms with Crippen molar-refractivity contribution < 1.29 is 13.9 Å². The fourth-order valence-corrected chi connectivity index (χ4v) is 1.54. The predicted molar refractivity (Wildman–Crippen MR) is 57.1 cm³/mol. The molecule has 78 valence electrons. The SMILES string of the molecule is COC(=O)c1cc2cc(CCl)ccc2o1. The number of benzene rings is 1. The van der Waals surface area contributed by atoms with Gasteiger partial charge in [0.2, 0.25) is 5.76 Å². The number of hydrogen-bond acceptors (Lipinski definition) is 3. The monoisotopic (exact) mass is 224 g/mol. The summed E-state index contributed by atoms with van der Waals surface area (Å²) in [4.78, 5) is 11.2. The number of halogens is 1. The van der Waals surface area contributed by atoms with Crippen LogP contribution in [0.5, 0.6) is 0 Å². The molecule has 15 heavy (non-hydrogen) atoms. The van der Waals surface area contributed by atoms with Crippen molar-refractivity contribution in [3.63, 3.8) is 0 Å². The van der Waals surface area contributed by atoms with Crippen LogP contribution in [0.3, 0.4) is 0 Å². The lowest BCUT2D eigenvalue weighted by molar-refractivity contribution is 0.0567. The molecule has 3 nitrogen and oxygen atoms in total. The van der Waals surface area contributed by atoms with E-state index in [2.05, 4.69) is 4.74 Å². The average molecular weight is 225 g/mol. The molecule has 0 unspecified atom stereocenters. The van der Waals surface area contributed by atoms with Gasteiger partial charge in [-0.25, -0.2) is 4.79 Å². The first-order chi connectivity index (χ1) is 7.24. The molecule has 2 rings (SSSR count). The van der Waals surface area contributed by atoms with E-state index in [1.54, 1.807) is 12.1 Å². The Morgan fingerprint density at radius 2 is 2.27 bits per heavy atom. The molecule has 0 N–H and O–H groups in total. The molecule has 0 fully saturated rings. The van der Waals surface area contributed by atoms with Gasteiger partial charge in [-0.15, -0.1) is 11.6 Å². The van der Waals surface area contributed by atoms with Crippen molar-refractivity contribution in [3.8, 4) is 0 Å². The first-order valence-electron chi connectivity index (χ1n) is 4.41. The zero-order valence-corrected chi connectivity index (χ0v) is 8.88. The van der Waals surface area contributed by atoms with Crippen molar-refractivity contribution in [3.05, 3.63) is 35.6 Å². The Bertz CT molecular complexity index is 502. The highest BCUT2D eigenvalue weighted by molar-refractivity contribution is 6.17. The maximum absolute atomic E-state index is 11.2. The van der Waals surface area contributed by atoms with Gasteiger partial charge in [0.05, 0.1) is 7.11 Å². The fraction of sp³-hybridized carbons (Fsp3) is 0.182. The minimum Gasteiger partial charge on any atom is -0.463 e. The molecule has 1 heterocycles. The van der Waals surface area contributed by atoms with Crippen LogP contribution in [0.4, 0.5) is 0 Å². The molecule has 0 saturated heterocycles. The van der Waals surface area contributed by atoms with Gasteiger partial charge in [-0.3, -0.25) is 0 Å². The van der Waals surface area contributed by atoms with Gasteiger partial charge in [0.15, 0.2) is 0 Å². The van der Waals surface area contributed by atoms with Crippen LogP contribution in [-0.2, 0) is 10.6 Å². The molecule has 0 spiro atoms. The van der Waals surface area contributed by atoms with Crippen molar-refractivity contribution in [1.82, 2.24) is 0 Å². The number of carbonyl (C=O) groups is 1. The largest absolute Gasteiger partial charge is 0.463 e. The normalized spacial score (nSPS) is 10.5. The third-order valence-electron chi connectivity index (χ3n) is 2.12. The molecule has 0 aliphatic rings. The Morgan fingerprint density at radius 1 is 1.47 bits per heavy atom. The third kappa shape index (κ3) is 1.83. The first kappa shape index (κ1) is 10.1. The van der Waals surface area contributed by atoms with Crippen LogP contribution in [0.15, 0.2) is 28.7 Å². The van der Waals surface area contributed by atoms with E-state index in [0.717, 1.165) is 10.9 Å². The van der Waals surface area contributed by atoms with Gasteiger partial charge in [0.25, 0.3) is 0 Å². The molecule has 1 aromatic carbocycles. The van der Waals surface area contributed by atoms with Crippen molar-refractivity contribution in [2.45, 2.75) is 5.88 Å². The molecule has 0 radical (unpaired) electrons. The Balaban J connectivity index is 2.51. The summed E-state index contributed by atoms with van der Waals surface area (Å²) in [6.07, 6.45) is 0. The lowest BCUT2D eigenvalue weighted by Crippen LogP contribution is -1.97. The molecule has 0 atom stereocenters. The van der Waals surface area contributed by atoms with Crippen LogP contribution in [0, 0.1) is 0 Å². The van der Waals surface area contributed by atoms with E-state index in [1.165, 1.54) is 7.11 Å². The molecule has 0 saturated carbocycles. The molecule has 0 amide bonds. The van der Waals surface area contributed by atoms with E-state index >= 15 is 0 Å². The van der Waals surface area contributed by atoms with Gasteiger partial charge in [0, 0.05) is 11.3 Å². The van der Waals surface area contributed by atoms with Gasteiger partial charge in [0.1, 0.15) is 5.58 Å². The van der Waals surface area contributed by atoms with E-state index in [-0.39, 0.29) is 5.76 Å². The zero-order chi connectivity index (χ0) is 10.8. The van der Waals surface area contributed by atoms with Crippen LogP contribution >= 0.6 is 11.6 Å². The summed E-state index contributed by atoms with van der Waals surface area (Å²) >= 11 is 5.70. The molecule has 0 bridgehead atoms. The summed E-state index contributed by atoms with van der Waals surface area (Å²) in [6, 6.07) is 7.19. The Morgan fingerprint density at radius 3 is 2.93 bits per heavy atom. The van der Waals surface area contributed by atoms with Crippen molar-refractivity contribution in [1.29, 1.82) is 0 Å². The quantitative estimate of drug-likeness (QED) is 0.582. The molecule has 0 aliphatic carbocycles. The number of carbonyl (C=O) groups excluding carboxylic acids is 1. The number of alkyl halides is 1. The molecule has 1 aromatic heterocycles. The Kier molecular flexibility index (Phi) is 2.64.